The number of rotatable bonds is 0. The van der Waals surface area contributed by atoms with Crippen LogP contribution in [-0.2, 0) is 9.59 Å². The molecule has 18 heavy (non-hydrogen) atoms. The van der Waals surface area contributed by atoms with Gasteiger partial charge in [-0.2, -0.15) is 0 Å². The van der Waals surface area contributed by atoms with E-state index in [1.165, 1.54) is 0 Å². The molecule has 0 radical (unpaired) electrons. The van der Waals surface area contributed by atoms with Gasteiger partial charge in [0, 0.05) is 52.4 Å². The fourth-order valence-electron chi connectivity index (χ4n) is 1.58. The zero-order chi connectivity index (χ0) is 13.1. The van der Waals surface area contributed by atoms with E-state index in [0.29, 0.717) is 26.2 Å². The number of carbonyl (C=O) groups is 2. The van der Waals surface area contributed by atoms with Crippen molar-refractivity contribution in [3.05, 3.63) is 0 Å². The molecule has 0 spiro atoms. The summed E-state index contributed by atoms with van der Waals surface area (Å²) in [4.78, 5) is 22.7. The molecule has 0 saturated carbocycles. The predicted molar refractivity (Wildman–Crippen MR) is 69.2 cm³/mol. The Hall–Kier alpha value is -1.18. The molecule has 1 aliphatic rings. The number of hydrogen-bond donors (Lipinski definition) is 5. The predicted octanol–water partition coefficient (Wildman–Crippen LogP) is -2.61. The van der Waals surface area contributed by atoms with Crippen LogP contribution in [0.2, 0.25) is 0 Å². The minimum absolute atomic E-state index is 0.0957. The Labute approximate surface area is 107 Å². The maximum absolute atomic E-state index is 11.4. The molecule has 1 aliphatic heterocycles. The monoisotopic (exact) mass is 257 g/mol. The average Bonchev–Trinajstić information content (AvgIpc) is 2.33. The normalized spacial score (nSPS) is 22.0. The van der Waals surface area contributed by atoms with Gasteiger partial charge in [-0.25, -0.2) is 0 Å². The summed E-state index contributed by atoms with van der Waals surface area (Å²) in [7, 11) is 0. The van der Waals surface area contributed by atoms with Gasteiger partial charge in [-0.1, -0.05) is 0 Å². The Morgan fingerprint density at radius 3 is 1.28 bits per heavy atom. The van der Waals surface area contributed by atoms with Crippen molar-refractivity contribution in [2.75, 3.05) is 52.4 Å². The molecule has 104 valence electrons. The standard InChI is InChI=1S/C11H23N5O2/c17-10-9-11(18)16-8-6-14-4-2-12-1-3-13-5-7-15-10/h12-14H,1-9H2,(H,15,17)(H,16,18). The van der Waals surface area contributed by atoms with Crippen LogP contribution in [0.15, 0.2) is 0 Å². The molecule has 2 amide bonds. The third kappa shape index (κ3) is 7.99. The van der Waals surface area contributed by atoms with Crippen LogP contribution in [0, 0.1) is 0 Å². The number of carbonyl (C=O) groups excluding carboxylic acids is 2. The smallest absolute Gasteiger partial charge is 0.229 e. The first-order valence-electron chi connectivity index (χ1n) is 6.44. The van der Waals surface area contributed by atoms with Gasteiger partial charge < -0.3 is 26.6 Å². The van der Waals surface area contributed by atoms with Crippen LogP contribution in [0.1, 0.15) is 6.42 Å². The van der Waals surface area contributed by atoms with Crippen LogP contribution < -0.4 is 26.6 Å². The molecule has 1 fully saturated rings. The summed E-state index contributed by atoms with van der Waals surface area (Å²) in [5.41, 5.74) is 0. The summed E-state index contributed by atoms with van der Waals surface area (Å²) in [5, 5.41) is 15.1. The van der Waals surface area contributed by atoms with Gasteiger partial charge in [0.1, 0.15) is 6.42 Å². The van der Waals surface area contributed by atoms with Gasteiger partial charge in [0.25, 0.3) is 0 Å². The molecule has 0 bridgehead atoms. The van der Waals surface area contributed by atoms with Crippen molar-refractivity contribution in [1.29, 1.82) is 0 Å². The summed E-state index contributed by atoms with van der Waals surface area (Å²) in [6, 6.07) is 0. The van der Waals surface area contributed by atoms with Crippen molar-refractivity contribution >= 4 is 11.8 Å². The van der Waals surface area contributed by atoms with Crippen molar-refractivity contribution in [3.8, 4) is 0 Å². The molecule has 1 rings (SSSR count). The number of hydrogen-bond acceptors (Lipinski definition) is 5. The largest absolute Gasteiger partial charge is 0.354 e. The fourth-order valence-corrected chi connectivity index (χ4v) is 1.58. The Kier molecular flexibility index (Phi) is 8.11. The van der Waals surface area contributed by atoms with Gasteiger partial charge in [0.2, 0.25) is 11.8 Å². The first kappa shape index (κ1) is 14.9. The minimum atomic E-state index is -0.229. The highest BCUT2D eigenvalue weighted by atomic mass is 16.2. The molecule has 5 N–H and O–H groups in total. The molecule has 0 aliphatic carbocycles. The van der Waals surface area contributed by atoms with Crippen LogP contribution in [0.4, 0.5) is 0 Å². The highest BCUT2D eigenvalue weighted by molar-refractivity contribution is 5.96. The molecule has 0 aromatic carbocycles. The Morgan fingerprint density at radius 2 is 0.889 bits per heavy atom. The second-order valence-electron chi connectivity index (χ2n) is 4.13. The van der Waals surface area contributed by atoms with Crippen molar-refractivity contribution in [2.24, 2.45) is 0 Å². The van der Waals surface area contributed by atoms with Gasteiger partial charge >= 0.3 is 0 Å². The van der Waals surface area contributed by atoms with E-state index in [1.807, 2.05) is 0 Å². The van der Waals surface area contributed by atoms with Crippen LogP contribution in [0.3, 0.4) is 0 Å². The molecule has 0 aromatic heterocycles. The summed E-state index contributed by atoms with van der Waals surface area (Å²) in [5.74, 6) is -0.458. The highest BCUT2D eigenvalue weighted by Crippen LogP contribution is 1.79. The lowest BCUT2D eigenvalue weighted by molar-refractivity contribution is -0.129. The van der Waals surface area contributed by atoms with Crippen molar-refractivity contribution < 1.29 is 9.59 Å². The third-order valence-corrected chi connectivity index (χ3v) is 2.53. The van der Waals surface area contributed by atoms with Gasteiger partial charge in [-0.3, -0.25) is 9.59 Å². The van der Waals surface area contributed by atoms with E-state index in [9.17, 15) is 9.59 Å². The molecule has 7 heteroatoms. The SMILES string of the molecule is O=C1CC(=O)NCCNCCNCCNCCN1. The molecule has 1 saturated heterocycles. The lowest BCUT2D eigenvalue weighted by Crippen LogP contribution is -2.40. The molecule has 1 heterocycles. The van der Waals surface area contributed by atoms with Crippen LogP contribution >= 0.6 is 0 Å². The van der Waals surface area contributed by atoms with Gasteiger partial charge in [0.05, 0.1) is 0 Å². The summed E-state index contributed by atoms with van der Waals surface area (Å²) < 4.78 is 0. The van der Waals surface area contributed by atoms with Crippen LogP contribution in [0.25, 0.3) is 0 Å². The van der Waals surface area contributed by atoms with E-state index >= 15 is 0 Å². The minimum Gasteiger partial charge on any atom is -0.354 e. The zero-order valence-electron chi connectivity index (χ0n) is 10.7. The first-order chi connectivity index (χ1) is 8.79. The lowest BCUT2D eigenvalue weighted by atomic mass is 10.3. The van der Waals surface area contributed by atoms with Gasteiger partial charge in [-0.15, -0.1) is 0 Å². The first-order valence-corrected chi connectivity index (χ1v) is 6.44. The molecule has 0 atom stereocenters. The van der Waals surface area contributed by atoms with E-state index in [-0.39, 0.29) is 18.2 Å². The van der Waals surface area contributed by atoms with E-state index in [0.717, 1.165) is 26.2 Å². The second-order valence-corrected chi connectivity index (χ2v) is 4.13. The Bertz CT molecular complexity index is 236. The molecule has 0 aromatic rings. The fraction of sp³-hybridized carbons (Fsp3) is 0.818. The number of amides is 2. The van der Waals surface area contributed by atoms with Crippen molar-refractivity contribution in [3.63, 3.8) is 0 Å². The van der Waals surface area contributed by atoms with Crippen LogP contribution in [-0.4, -0.2) is 64.2 Å². The Morgan fingerprint density at radius 1 is 0.556 bits per heavy atom. The van der Waals surface area contributed by atoms with E-state index < -0.39 is 0 Å². The maximum atomic E-state index is 11.4. The molecule has 7 nitrogen and oxygen atoms in total. The summed E-state index contributed by atoms with van der Waals surface area (Å²) in [6.45, 7) is 6.09. The Balaban J connectivity index is 2.23. The topological polar surface area (TPSA) is 94.3 Å². The molecule has 0 unspecified atom stereocenters. The molecular weight excluding hydrogens is 234 g/mol. The number of nitrogens with one attached hydrogen (secondary N) is 5. The van der Waals surface area contributed by atoms with E-state index in [4.69, 9.17) is 0 Å². The lowest BCUT2D eigenvalue weighted by Gasteiger charge is -2.10. The van der Waals surface area contributed by atoms with E-state index in [1.54, 1.807) is 0 Å². The highest BCUT2D eigenvalue weighted by Gasteiger charge is 2.07. The van der Waals surface area contributed by atoms with Crippen LogP contribution in [0.5, 0.6) is 0 Å². The van der Waals surface area contributed by atoms with Gasteiger partial charge in [-0.05, 0) is 0 Å². The van der Waals surface area contributed by atoms with E-state index in [2.05, 4.69) is 26.6 Å². The molecular formula is C11H23N5O2. The van der Waals surface area contributed by atoms with Crippen molar-refractivity contribution in [2.45, 2.75) is 6.42 Å². The van der Waals surface area contributed by atoms with Gasteiger partial charge in [0.15, 0.2) is 0 Å². The second kappa shape index (κ2) is 9.81. The average molecular weight is 257 g/mol. The van der Waals surface area contributed by atoms with Crippen molar-refractivity contribution in [1.82, 2.24) is 26.6 Å². The summed E-state index contributed by atoms with van der Waals surface area (Å²) in [6.07, 6.45) is -0.0957. The summed E-state index contributed by atoms with van der Waals surface area (Å²) >= 11 is 0. The maximum Gasteiger partial charge on any atom is 0.229 e. The quantitative estimate of drug-likeness (QED) is 0.307. The zero-order valence-corrected chi connectivity index (χ0v) is 10.7. The third-order valence-electron chi connectivity index (χ3n) is 2.53.